The first-order valence-corrected chi connectivity index (χ1v) is 8.80. The maximum Gasteiger partial charge on any atom is 0.227 e. The number of carbonyl (C=O) groups excluding carboxylic acids is 1. The Morgan fingerprint density at radius 1 is 1.29 bits per heavy atom. The van der Waals surface area contributed by atoms with Crippen LogP contribution in [0.25, 0.3) is 0 Å². The smallest absolute Gasteiger partial charge is 0.227 e. The van der Waals surface area contributed by atoms with Gasteiger partial charge in [0.25, 0.3) is 0 Å². The van der Waals surface area contributed by atoms with Gasteiger partial charge in [0.15, 0.2) is 0 Å². The number of halogens is 2. The highest BCUT2D eigenvalue weighted by Crippen LogP contribution is 2.28. The number of unbranched alkanes of at least 4 members (excludes halogenated alkanes) is 1. The summed E-state index contributed by atoms with van der Waals surface area (Å²) in [4.78, 5) is 19.1. The minimum atomic E-state index is 0. The Balaban J connectivity index is 0.00000144. The number of aryl methyl sites for hydroxylation is 1. The number of aromatic nitrogens is 2. The third-order valence-corrected chi connectivity index (χ3v) is 5.08. The second-order valence-corrected chi connectivity index (χ2v) is 6.62. The van der Waals surface area contributed by atoms with Gasteiger partial charge in [-0.25, -0.2) is 4.98 Å². The van der Waals surface area contributed by atoms with Crippen LogP contribution < -0.4 is 5.32 Å². The van der Waals surface area contributed by atoms with Crippen LogP contribution in [-0.4, -0.2) is 46.5 Å². The zero-order valence-corrected chi connectivity index (χ0v) is 16.1. The summed E-state index contributed by atoms with van der Waals surface area (Å²) in [5.74, 6) is 2.31. The van der Waals surface area contributed by atoms with Crippen molar-refractivity contribution in [1.29, 1.82) is 0 Å². The molecular formula is C17H30Cl2N4O. The number of amides is 1. The SMILES string of the molecule is CCCCn1ccnc1C1CCN(C(=O)C2CCNC2)CC1.Cl.Cl. The molecule has 2 aliphatic heterocycles. The summed E-state index contributed by atoms with van der Waals surface area (Å²) in [6.07, 6.45) is 9.54. The minimum Gasteiger partial charge on any atom is -0.342 e. The lowest BCUT2D eigenvalue weighted by Crippen LogP contribution is -2.42. The summed E-state index contributed by atoms with van der Waals surface area (Å²) in [6, 6.07) is 0. The van der Waals surface area contributed by atoms with E-state index in [1.54, 1.807) is 0 Å². The van der Waals surface area contributed by atoms with Gasteiger partial charge in [0, 0.05) is 44.5 Å². The van der Waals surface area contributed by atoms with Crippen LogP contribution in [0.4, 0.5) is 0 Å². The first kappa shape index (κ1) is 21.3. The van der Waals surface area contributed by atoms with Crippen LogP contribution >= 0.6 is 24.8 Å². The first-order chi connectivity index (χ1) is 10.8. The maximum atomic E-state index is 12.5. The van der Waals surface area contributed by atoms with Crippen LogP contribution in [0, 0.1) is 5.92 Å². The van der Waals surface area contributed by atoms with Crippen molar-refractivity contribution in [2.24, 2.45) is 5.92 Å². The van der Waals surface area contributed by atoms with Gasteiger partial charge in [-0.2, -0.15) is 0 Å². The number of rotatable bonds is 5. The van der Waals surface area contributed by atoms with Crippen LogP contribution in [0.5, 0.6) is 0 Å². The van der Waals surface area contributed by atoms with Gasteiger partial charge in [-0.3, -0.25) is 4.79 Å². The predicted octanol–water partition coefficient (Wildman–Crippen LogP) is 2.84. The minimum absolute atomic E-state index is 0. The molecule has 0 saturated carbocycles. The lowest BCUT2D eigenvalue weighted by molar-refractivity contribution is -0.136. The molecule has 0 aromatic carbocycles. The summed E-state index contributed by atoms with van der Waals surface area (Å²) in [5, 5.41) is 3.29. The lowest BCUT2D eigenvalue weighted by Gasteiger charge is -2.33. The van der Waals surface area contributed by atoms with Gasteiger partial charge in [-0.15, -0.1) is 24.8 Å². The lowest BCUT2D eigenvalue weighted by atomic mass is 9.94. The molecule has 1 aromatic heterocycles. The van der Waals surface area contributed by atoms with Gasteiger partial charge >= 0.3 is 0 Å². The van der Waals surface area contributed by atoms with E-state index in [0.29, 0.717) is 11.8 Å². The van der Waals surface area contributed by atoms with Crippen molar-refractivity contribution in [3.63, 3.8) is 0 Å². The summed E-state index contributed by atoms with van der Waals surface area (Å²) in [7, 11) is 0. The van der Waals surface area contributed by atoms with E-state index in [1.807, 2.05) is 6.20 Å². The Bertz CT molecular complexity index is 495. The fraction of sp³-hybridized carbons (Fsp3) is 0.765. The molecule has 24 heavy (non-hydrogen) atoms. The standard InChI is InChI=1S/C17H28N4O.2ClH/c1-2-3-9-20-12-8-19-16(20)14-5-10-21(11-6-14)17(22)15-4-7-18-13-15;;/h8,12,14-15,18H,2-7,9-11,13H2,1H3;2*1H. The maximum absolute atomic E-state index is 12.5. The second kappa shape index (κ2) is 10.3. The molecule has 3 heterocycles. The molecule has 1 atom stereocenters. The Morgan fingerprint density at radius 3 is 2.67 bits per heavy atom. The molecule has 1 aromatic rings. The molecule has 2 fully saturated rings. The van der Waals surface area contributed by atoms with Crippen molar-refractivity contribution in [3.05, 3.63) is 18.2 Å². The van der Waals surface area contributed by atoms with Crippen LogP contribution in [0.1, 0.15) is 50.8 Å². The summed E-state index contributed by atoms with van der Waals surface area (Å²) in [5.41, 5.74) is 0. The van der Waals surface area contributed by atoms with E-state index in [1.165, 1.54) is 18.7 Å². The van der Waals surface area contributed by atoms with E-state index in [2.05, 4.69) is 32.9 Å². The van der Waals surface area contributed by atoms with Gasteiger partial charge in [-0.05, 0) is 32.2 Å². The average molecular weight is 377 g/mol. The predicted molar refractivity (Wildman–Crippen MR) is 101 cm³/mol. The van der Waals surface area contributed by atoms with Crippen molar-refractivity contribution >= 4 is 30.7 Å². The molecule has 138 valence electrons. The van der Waals surface area contributed by atoms with E-state index in [-0.39, 0.29) is 30.7 Å². The molecule has 7 heteroatoms. The number of carbonyl (C=O) groups is 1. The van der Waals surface area contributed by atoms with Crippen LogP contribution in [0.15, 0.2) is 12.4 Å². The summed E-state index contributed by atoms with van der Waals surface area (Å²) in [6.45, 7) is 6.92. The zero-order chi connectivity index (χ0) is 15.4. The van der Waals surface area contributed by atoms with Crippen molar-refractivity contribution in [3.8, 4) is 0 Å². The molecular weight excluding hydrogens is 347 g/mol. The highest BCUT2D eigenvalue weighted by molar-refractivity contribution is 5.85. The van der Waals surface area contributed by atoms with Gasteiger partial charge in [-0.1, -0.05) is 13.3 Å². The third kappa shape index (κ3) is 4.87. The molecule has 2 saturated heterocycles. The van der Waals surface area contributed by atoms with E-state index in [0.717, 1.165) is 52.0 Å². The van der Waals surface area contributed by atoms with Gasteiger partial charge in [0.1, 0.15) is 5.82 Å². The zero-order valence-electron chi connectivity index (χ0n) is 14.4. The number of likely N-dealkylation sites (tertiary alicyclic amines) is 1. The first-order valence-electron chi connectivity index (χ1n) is 8.80. The molecule has 0 bridgehead atoms. The number of piperidine rings is 1. The Hall–Kier alpha value is -0.780. The largest absolute Gasteiger partial charge is 0.342 e. The quantitative estimate of drug-likeness (QED) is 0.859. The number of hydrogen-bond acceptors (Lipinski definition) is 3. The van der Waals surface area contributed by atoms with E-state index in [9.17, 15) is 4.79 Å². The van der Waals surface area contributed by atoms with Crippen molar-refractivity contribution in [2.45, 2.75) is 51.5 Å². The van der Waals surface area contributed by atoms with E-state index < -0.39 is 0 Å². The molecule has 0 radical (unpaired) electrons. The number of hydrogen-bond donors (Lipinski definition) is 1. The van der Waals surface area contributed by atoms with E-state index >= 15 is 0 Å². The van der Waals surface area contributed by atoms with E-state index in [4.69, 9.17) is 0 Å². The topological polar surface area (TPSA) is 50.2 Å². The van der Waals surface area contributed by atoms with Crippen molar-refractivity contribution in [2.75, 3.05) is 26.2 Å². The van der Waals surface area contributed by atoms with Gasteiger partial charge < -0.3 is 14.8 Å². The van der Waals surface area contributed by atoms with Crippen LogP contribution in [0.3, 0.4) is 0 Å². The molecule has 5 nitrogen and oxygen atoms in total. The Morgan fingerprint density at radius 2 is 2.04 bits per heavy atom. The highest BCUT2D eigenvalue weighted by Gasteiger charge is 2.31. The molecule has 2 aliphatic rings. The summed E-state index contributed by atoms with van der Waals surface area (Å²) >= 11 is 0. The number of imidazole rings is 1. The molecule has 1 amide bonds. The molecule has 3 rings (SSSR count). The number of nitrogens with zero attached hydrogens (tertiary/aromatic N) is 3. The average Bonchev–Trinajstić information content (AvgIpc) is 3.24. The fourth-order valence-electron chi connectivity index (χ4n) is 3.68. The summed E-state index contributed by atoms with van der Waals surface area (Å²) < 4.78 is 2.31. The van der Waals surface area contributed by atoms with Crippen molar-refractivity contribution < 1.29 is 4.79 Å². The monoisotopic (exact) mass is 376 g/mol. The van der Waals surface area contributed by atoms with Crippen LogP contribution in [-0.2, 0) is 11.3 Å². The normalized spacial score (nSPS) is 21.2. The fourth-order valence-corrected chi connectivity index (χ4v) is 3.68. The molecule has 1 N–H and O–H groups in total. The highest BCUT2D eigenvalue weighted by atomic mass is 35.5. The molecule has 1 unspecified atom stereocenters. The second-order valence-electron chi connectivity index (χ2n) is 6.62. The Labute approximate surface area is 157 Å². The molecule has 0 spiro atoms. The number of nitrogens with one attached hydrogen (secondary N) is 1. The van der Waals surface area contributed by atoms with Crippen LogP contribution in [0.2, 0.25) is 0 Å². The van der Waals surface area contributed by atoms with Gasteiger partial charge in [0.05, 0.1) is 5.92 Å². The molecule has 0 aliphatic carbocycles. The Kier molecular flexibility index (Phi) is 9.09. The third-order valence-electron chi connectivity index (χ3n) is 5.08. The van der Waals surface area contributed by atoms with Gasteiger partial charge in [0.2, 0.25) is 5.91 Å². The van der Waals surface area contributed by atoms with Crippen molar-refractivity contribution in [1.82, 2.24) is 19.8 Å².